The molecule has 2 amide bonds. The quantitative estimate of drug-likeness (QED) is 0.220. The van der Waals surface area contributed by atoms with Crippen molar-refractivity contribution in [2.45, 2.75) is 77.9 Å². The molecule has 0 radical (unpaired) electrons. The number of ether oxygens (including phenoxy) is 3. The Balaban J connectivity index is 1.36. The highest BCUT2D eigenvalue weighted by Crippen LogP contribution is 2.40. The molecular weight excluding hydrogens is 578 g/mol. The van der Waals surface area contributed by atoms with Gasteiger partial charge in [-0.15, -0.1) is 0 Å². The van der Waals surface area contributed by atoms with Gasteiger partial charge in [-0.2, -0.15) is 0 Å². The first kappa shape index (κ1) is 31.2. The third-order valence-corrected chi connectivity index (χ3v) is 8.14. The number of amides is 2. The molecule has 0 saturated carbocycles. The number of likely N-dealkylation sites (tertiary alicyclic amines) is 1. The molecule has 2 aromatic heterocycles. The van der Waals surface area contributed by atoms with Gasteiger partial charge in [-0.3, -0.25) is 4.98 Å². The summed E-state index contributed by atoms with van der Waals surface area (Å²) in [5.41, 5.74) is 0.558. The summed E-state index contributed by atoms with van der Waals surface area (Å²) in [5.74, 6) is 0.947. The van der Waals surface area contributed by atoms with Crippen LogP contribution < -0.4 is 9.64 Å². The molecule has 1 saturated heterocycles. The number of carbonyl (C=O) groups is 2. The van der Waals surface area contributed by atoms with E-state index in [4.69, 9.17) is 19.2 Å². The van der Waals surface area contributed by atoms with E-state index in [1.54, 1.807) is 41.6 Å². The first-order chi connectivity index (χ1) is 20.7. The van der Waals surface area contributed by atoms with Crippen LogP contribution in [-0.2, 0) is 14.9 Å². The average Bonchev–Trinajstić information content (AvgIpc) is 3.36. The molecule has 5 rings (SSSR count). The fourth-order valence-electron chi connectivity index (χ4n) is 4.89. The predicted octanol–water partition coefficient (Wildman–Crippen LogP) is 8.24. The maximum absolute atomic E-state index is 13.4. The van der Waals surface area contributed by atoms with E-state index in [9.17, 15) is 9.59 Å². The van der Waals surface area contributed by atoms with E-state index in [-0.39, 0.29) is 11.5 Å². The average molecular weight is 618 g/mol. The molecule has 2 aromatic carbocycles. The first-order valence-electron chi connectivity index (χ1n) is 14.7. The summed E-state index contributed by atoms with van der Waals surface area (Å²) in [6.07, 6.45) is 3.81. The maximum atomic E-state index is 13.4. The molecule has 0 unspecified atom stereocenters. The van der Waals surface area contributed by atoms with E-state index < -0.39 is 17.3 Å². The molecule has 11 heteroatoms. The molecular formula is C33H39N5O5S. The lowest BCUT2D eigenvalue weighted by Crippen LogP contribution is -2.46. The summed E-state index contributed by atoms with van der Waals surface area (Å²) in [4.78, 5) is 43.1. The number of thiazole rings is 1. The molecule has 1 aliphatic rings. The van der Waals surface area contributed by atoms with E-state index >= 15 is 0 Å². The number of rotatable bonds is 5. The zero-order valence-corrected chi connectivity index (χ0v) is 27.1. The highest BCUT2D eigenvalue weighted by molar-refractivity contribution is 7.22. The van der Waals surface area contributed by atoms with E-state index in [1.165, 1.54) is 16.2 Å². The van der Waals surface area contributed by atoms with Crippen LogP contribution in [0.1, 0.15) is 67.0 Å². The smallest absolute Gasteiger partial charge is 0.421 e. The highest BCUT2D eigenvalue weighted by Gasteiger charge is 2.38. The van der Waals surface area contributed by atoms with Crippen LogP contribution in [0.15, 0.2) is 60.9 Å². The molecule has 0 N–H and O–H groups in total. The van der Waals surface area contributed by atoms with Crippen LogP contribution in [0, 0.1) is 0 Å². The standard InChI is InChI=1S/C33H39N5O5S/c1-31(2,3)42-29(39)37-20-16-33(7,17-21-37)26-27(35-19-18-34-26)41-23-14-12-22(13-15-23)38(30(40)43-32(4,5)6)28-36-24-10-8-9-11-25(24)44-28/h8-15,18-19H,16-17,20-21H2,1-7H3. The minimum atomic E-state index is -0.684. The summed E-state index contributed by atoms with van der Waals surface area (Å²) in [6.45, 7) is 14.3. The second kappa shape index (κ2) is 12.0. The number of carbonyl (C=O) groups excluding carboxylic acids is 2. The Morgan fingerprint density at radius 2 is 1.52 bits per heavy atom. The van der Waals surface area contributed by atoms with Gasteiger partial charge in [0.05, 0.1) is 15.9 Å². The summed E-state index contributed by atoms with van der Waals surface area (Å²) in [6, 6.07) is 14.9. The normalized spacial score (nSPS) is 15.1. The van der Waals surface area contributed by atoms with Crippen LogP contribution in [-0.4, -0.2) is 56.3 Å². The molecule has 0 atom stereocenters. The van der Waals surface area contributed by atoms with Crippen molar-refractivity contribution in [1.82, 2.24) is 19.9 Å². The molecule has 232 valence electrons. The Labute approximate surface area is 262 Å². The zero-order chi connectivity index (χ0) is 31.7. The second-order valence-electron chi connectivity index (χ2n) is 13.1. The van der Waals surface area contributed by atoms with E-state index in [2.05, 4.69) is 16.9 Å². The van der Waals surface area contributed by atoms with Gasteiger partial charge in [0.25, 0.3) is 0 Å². The molecule has 44 heavy (non-hydrogen) atoms. The monoisotopic (exact) mass is 617 g/mol. The van der Waals surface area contributed by atoms with Gasteiger partial charge in [-0.05, 0) is 90.8 Å². The maximum Gasteiger partial charge on any atom is 0.421 e. The van der Waals surface area contributed by atoms with Gasteiger partial charge < -0.3 is 19.1 Å². The Kier molecular flexibility index (Phi) is 8.53. The number of hydrogen-bond donors (Lipinski definition) is 0. The number of anilines is 2. The lowest BCUT2D eigenvalue weighted by atomic mass is 9.77. The lowest BCUT2D eigenvalue weighted by molar-refractivity contribution is 0.0169. The molecule has 3 heterocycles. The van der Waals surface area contributed by atoms with Crippen LogP contribution in [0.2, 0.25) is 0 Å². The Morgan fingerprint density at radius 1 is 0.886 bits per heavy atom. The Morgan fingerprint density at radius 3 is 2.16 bits per heavy atom. The molecule has 4 aromatic rings. The van der Waals surface area contributed by atoms with Crippen LogP contribution in [0.5, 0.6) is 11.6 Å². The lowest BCUT2D eigenvalue weighted by Gasteiger charge is -2.39. The van der Waals surface area contributed by atoms with Crippen molar-refractivity contribution in [3.63, 3.8) is 0 Å². The number of para-hydroxylation sites is 1. The molecule has 1 aliphatic heterocycles. The summed E-state index contributed by atoms with van der Waals surface area (Å²) in [7, 11) is 0. The SMILES string of the molecule is CC(C)(C)OC(=O)N1CCC(C)(c2nccnc2Oc2ccc(N(C(=O)OC(C)(C)C)c3nc4ccccc4s3)cc2)CC1. The largest absolute Gasteiger partial charge is 0.444 e. The van der Waals surface area contributed by atoms with E-state index in [0.29, 0.717) is 48.4 Å². The van der Waals surface area contributed by atoms with E-state index in [1.807, 2.05) is 65.8 Å². The van der Waals surface area contributed by atoms with Crippen molar-refractivity contribution in [1.29, 1.82) is 0 Å². The van der Waals surface area contributed by atoms with Crippen LogP contribution in [0.3, 0.4) is 0 Å². The minimum absolute atomic E-state index is 0.304. The number of hydrogen-bond acceptors (Lipinski definition) is 9. The van der Waals surface area contributed by atoms with Crippen LogP contribution >= 0.6 is 11.3 Å². The third-order valence-electron chi connectivity index (χ3n) is 7.11. The summed E-state index contributed by atoms with van der Waals surface area (Å²) >= 11 is 1.42. The number of benzene rings is 2. The Bertz CT molecular complexity index is 1600. The van der Waals surface area contributed by atoms with Gasteiger partial charge in [-0.25, -0.2) is 24.5 Å². The number of fused-ring (bicyclic) bond motifs is 1. The second-order valence-corrected chi connectivity index (χ2v) is 14.1. The van der Waals surface area contributed by atoms with Gasteiger partial charge in [0.1, 0.15) is 22.6 Å². The van der Waals surface area contributed by atoms with Crippen LogP contribution in [0.25, 0.3) is 10.2 Å². The number of piperidine rings is 1. The number of aromatic nitrogens is 3. The topological polar surface area (TPSA) is 107 Å². The zero-order valence-electron chi connectivity index (χ0n) is 26.3. The van der Waals surface area contributed by atoms with Gasteiger partial charge >= 0.3 is 12.2 Å². The van der Waals surface area contributed by atoms with Gasteiger partial charge in [0.15, 0.2) is 0 Å². The number of nitrogens with zero attached hydrogens (tertiary/aromatic N) is 5. The molecule has 0 spiro atoms. The van der Waals surface area contributed by atoms with Crippen molar-refractivity contribution in [3.8, 4) is 11.6 Å². The third kappa shape index (κ3) is 7.27. The van der Waals surface area contributed by atoms with Crippen molar-refractivity contribution >= 4 is 44.6 Å². The molecule has 10 nitrogen and oxygen atoms in total. The highest BCUT2D eigenvalue weighted by atomic mass is 32.1. The van der Waals surface area contributed by atoms with Crippen LogP contribution in [0.4, 0.5) is 20.4 Å². The van der Waals surface area contributed by atoms with Crippen molar-refractivity contribution in [2.24, 2.45) is 0 Å². The van der Waals surface area contributed by atoms with Gasteiger partial charge in [0.2, 0.25) is 11.0 Å². The molecule has 0 bridgehead atoms. The predicted molar refractivity (Wildman–Crippen MR) is 171 cm³/mol. The fourth-order valence-corrected chi connectivity index (χ4v) is 5.87. The molecule has 0 aliphatic carbocycles. The summed E-state index contributed by atoms with van der Waals surface area (Å²) < 4.78 is 18.5. The molecule has 1 fully saturated rings. The van der Waals surface area contributed by atoms with Gasteiger partial charge in [-0.1, -0.05) is 30.4 Å². The van der Waals surface area contributed by atoms with Gasteiger partial charge in [0, 0.05) is 30.9 Å². The van der Waals surface area contributed by atoms with E-state index in [0.717, 1.165) is 15.9 Å². The van der Waals surface area contributed by atoms with Crippen molar-refractivity contribution in [2.75, 3.05) is 18.0 Å². The summed E-state index contributed by atoms with van der Waals surface area (Å²) in [5, 5.41) is 0.510. The fraction of sp³-hybridized carbons (Fsp3) is 0.424. The minimum Gasteiger partial charge on any atom is -0.444 e. The van der Waals surface area contributed by atoms with Crippen molar-refractivity contribution in [3.05, 3.63) is 66.6 Å². The van der Waals surface area contributed by atoms with Crippen molar-refractivity contribution < 1.29 is 23.8 Å². The Hall–Kier alpha value is -4.25. The first-order valence-corrected chi connectivity index (χ1v) is 15.5.